The van der Waals surface area contributed by atoms with Crippen LogP contribution in [0.3, 0.4) is 0 Å². The predicted octanol–water partition coefficient (Wildman–Crippen LogP) is 3.30. The van der Waals surface area contributed by atoms with Crippen molar-refractivity contribution in [2.75, 3.05) is 12.4 Å². The first-order chi connectivity index (χ1) is 11.3. The number of benzene rings is 1. The molecule has 0 fully saturated rings. The van der Waals surface area contributed by atoms with E-state index in [9.17, 15) is 0 Å². The molecule has 6 nitrogen and oxygen atoms in total. The van der Waals surface area contributed by atoms with Gasteiger partial charge in [-0.25, -0.2) is 15.0 Å². The van der Waals surface area contributed by atoms with Gasteiger partial charge in [-0.05, 0) is 25.0 Å². The first-order valence-electron chi connectivity index (χ1n) is 7.96. The molecular weight excluding hydrogens is 290 g/mol. The molecule has 6 heteroatoms. The molecule has 0 saturated carbocycles. The number of methoxy groups -OCH3 is 1. The largest absolute Gasteiger partial charge is 0.497 e. The Kier molecular flexibility index (Phi) is 3.57. The Morgan fingerprint density at radius 3 is 3.04 bits per heavy atom. The van der Waals surface area contributed by atoms with Crippen LogP contribution in [0.5, 0.6) is 5.75 Å². The van der Waals surface area contributed by atoms with Crippen molar-refractivity contribution in [1.82, 2.24) is 19.5 Å². The van der Waals surface area contributed by atoms with Crippen LogP contribution in [-0.2, 0) is 13.0 Å². The van der Waals surface area contributed by atoms with Crippen LogP contribution in [-0.4, -0.2) is 26.6 Å². The molecule has 0 amide bonds. The van der Waals surface area contributed by atoms with Crippen molar-refractivity contribution >= 4 is 22.7 Å². The van der Waals surface area contributed by atoms with Gasteiger partial charge in [-0.3, -0.25) is 0 Å². The lowest BCUT2D eigenvalue weighted by molar-refractivity contribution is 0.415. The van der Waals surface area contributed by atoms with E-state index in [1.165, 1.54) is 19.3 Å². The molecule has 2 aromatic heterocycles. The van der Waals surface area contributed by atoms with Crippen molar-refractivity contribution in [3.05, 3.63) is 36.4 Å². The summed E-state index contributed by atoms with van der Waals surface area (Å²) in [5, 5.41) is 3.34. The van der Waals surface area contributed by atoms with Crippen molar-refractivity contribution in [2.24, 2.45) is 0 Å². The van der Waals surface area contributed by atoms with Crippen molar-refractivity contribution < 1.29 is 4.74 Å². The first kappa shape index (κ1) is 14.0. The zero-order valence-electron chi connectivity index (χ0n) is 13.1. The zero-order chi connectivity index (χ0) is 15.6. The molecule has 1 aromatic carbocycles. The highest BCUT2D eigenvalue weighted by Crippen LogP contribution is 2.27. The number of nitrogens with one attached hydrogen (secondary N) is 1. The van der Waals surface area contributed by atoms with Gasteiger partial charge in [-0.1, -0.05) is 12.5 Å². The van der Waals surface area contributed by atoms with Gasteiger partial charge in [0.25, 0.3) is 0 Å². The summed E-state index contributed by atoms with van der Waals surface area (Å²) in [6.45, 7) is 0.988. The van der Waals surface area contributed by atoms with E-state index >= 15 is 0 Å². The molecule has 0 bridgehead atoms. The maximum atomic E-state index is 5.27. The number of hydrogen-bond acceptors (Lipinski definition) is 5. The van der Waals surface area contributed by atoms with Crippen molar-refractivity contribution in [3.8, 4) is 5.75 Å². The summed E-state index contributed by atoms with van der Waals surface area (Å²) < 4.78 is 7.50. The third-order valence-electron chi connectivity index (χ3n) is 4.23. The van der Waals surface area contributed by atoms with Crippen molar-refractivity contribution in [1.29, 1.82) is 0 Å². The van der Waals surface area contributed by atoms with E-state index in [2.05, 4.69) is 19.9 Å². The molecule has 0 aliphatic carbocycles. The van der Waals surface area contributed by atoms with E-state index in [-0.39, 0.29) is 0 Å². The van der Waals surface area contributed by atoms with Crippen LogP contribution in [0.1, 0.15) is 25.1 Å². The van der Waals surface area contributed by atoms with Crippen LogP contribution in [0.15, 0.2) is 30.6 Å². The highest BCUT2D eigenvalue weighted by Gasteiger charge is 2.17. The average Bonchev–Trinajstić information content (AvgIpc) is 2.78. The second-order valence-electron chi connectivity index (χ2n) is 5.74. The number of rotatable bonds is 3. The monoisotopic (exact) mass is 309 g/mol. The van der Waals surface area contributed by atoms with Gasteiger partial charge in [0, 0.05) is 24.7 Å². The van der Waals surface area contributed by atoms with Gasteiger partial charge in [-0.2, -0.15) is 0 Å². The molecular formula is C17H19N5O. The lowest BCUT2D eigenvalue weighted by Gasteiger charge is -2.08. The number of hydrogen-bond donors (Lipinski definition) is 1. The van der Waals surface area contributed by atoms with Crippen LogP contribution in [0, 0.1) is 0 Å². The Balaban J connectivity index is 1.75. The summed E-state index contributed by atoms with van der Waals surface area (Å²) in [7, 11) is 1.66. The molecule has 0 saturated heterocycles. The summed E-state index contributed by atoms with van der Waals surface area (Å²) in [5.41, 5.74) is 2.68. The topological polar surface area (TPSA) is 64.9 Å². The normalized spacial score (nSPS) is 14.3. The number of ether oxygens (including phenoxy) is 1. The first-order valence-corrected chi connectivity index (χ1v) is 7.96. The molecule has 1 aliphatic rings. The predicted molar refractivity (Wildman–Crippen MR) is 89.2 cm³/mol. The summed E-state index contributed by atoms with van der Waals surface area (Å²) in [5.74, 6) is 2.66. The van der Waals surface area contributed by atoms with Crippen molar-refractivity contribution in [3.63, 3.8) is 0 Å². The second-order valence-corrected chi connectivity index (χ2v) is 5.74. The molecule has 4 rings (SSSR count). The van der Waals surface area contributed by atoms with Gasteiger partial charge < -0.3 is 14.6 Å². The summed E-state index contributed by atoms with van der Waals surface area (Å²) in [4.78, 5) is 13.6. The number of fused-ring (bicyclic) bond motifs is 3. The standard InChI is InChI=1S/C17H19N5O/c1-23-13-7-5-6-12(10-13)20-16-15-17(19-11-18-16)22-9-4-2-3-8-14(22)21-15/h5-7,10-11H,2-4,8-9H2,1H3,(H,18,19,20). The van der Waals surface area contributed by atoms with Crippen LogP contribution in [0.25, 0.3) is 11.2 Å². The lowest BCUT2D eigenvalue weighted by Crippen LogP contribution is -2.01. The molecule has 3 aromatic rings. The van der Waals surface area contributed by atoms with E-state index in [1.807, 2.05) is 24.3 Å². The van der Waals surface area contributed by atoms with E-state index in [1.54, 1.807) is 13.4 Å². The minimum Gasteiger partial charge on any atom is -0.497 e. The number of anilines is 2. The third kappa shape index (κ3) is 2.60. The third-order valence-corrected chi connectivity index (χ3v) is 4.23. The number of nitrogens with zero attached hydrogens (tertiary/aromatic N) is 4. The molecule has 0 spiro atoms. The Labute approximate surface area is 134 Å². The minimum atomic E-state index is 0.740. The van der Waals surface area contributed by atoms with E-state index in [4.69, 9.17) is 9.72 Å². The maximum absolute atomic E-state index is 5.27. The van der Waals surface area contributed by atoms with Crippen LogP contribution >= 0.6 is 0 Å². The van der Waals surface area contributed by atoms with Gasteiger partial charge in [0.05, 0.1) is 7.11 Å². The number of aromatic nitrogens is 4. The molecule has 1 aliphatic heterocycles. The van der Waals surface area contributed by atoms with Crippen molar-refractivity contribution in [2.45, 2.75) is 32.2 Å². The highest BCUT2D eigenvalue weighted by molar-refractivity contribution is 5.85. The zero-order valence-corrected chi connectivity index (χ0v) is 13.1. The number of imidazole rings is 1. The Bertz CT molecular complexity index is 842. The summed E-state index contributed by atoms with van der Waals surface area (Å²) >= 11 is 0. The van der Waals surface area contributed by atoms with Crippen LogP contribution < -0.4 is 10.1 Å². The Hall–Kier alpha value is -2.63. The summed E-state index contributed by atoms with van der Waals surface area (Å²) in [6, 6.07) is 7.79. The molecule has 0 unspecified atom stereocenters. The van der Waals surface area contributed by atoms with Gasteiger partial charge in [0.1, 0.15) is 17.9 Å². The fraction of sp³-hybridized carbons (Fsp3) is 0.353. The minimum absolute atomic E-state index is 0.740. The van der Waals surface area contributed by atoms with Crippen LogP contribution in [0.2, 0.25) is 0 Å². The number of aryl methyl sites for hydroxylation is 2. The average molecular weight is 309 g/mol. The maximum Gasteiger partial charge on any atom is 0.165 e. The smallest absolute Gasteiger partial charge is 0.165 e. The van der Waals surface area contributed by atoms with E-state index in [0.29, 0.717) is 0 Å². The molecule has 3 heterocycles. The van der Waals surface area contributed by atoms with Gasteiger partial charge in [0.15, 0.2) is 17.0 Å². The second kappa shape index (κ2) is 5.87. The molecule has 118 valence electrons. The van der Waals surface area contributed by atoms with Gasteiger partial charge >= 0.3 is 0 Å². The fourth-order valence-corrected chi connectivity index (χ4v) is 3.07. The Morgan fingerprint density at radius 1 is 1.17 bits per heavy atom. The Morgan fingerprint density at radius 2 is 2.13 bits per heavy atom. The van der Waals surface area contributed by atoms with Gasteiger partial charge in [0.2, 0.25) is 0 Å². The quantitative estimate of drug-likeness (QED) is 0.804. The van der Waals surface area contributed by atoms with Crippen LogP contribution in [0.4, 0.5) is 11.5 Å². The summed E-state index contributed by atoms with van der Waals surface area (Å²) in [6.07, 6.45) is 6.24. The van der Waals surface area contributed by atoms with E-state index < -0.39 is 0 Å². The van der Waals surface area contributed by atoms with E-state index in [0.717, 1.165) is 47.2 Å². The van der Waals surface area contributed by atoms with Gasteiger partial charge in [-0.15, -0.1) is 0 Å². The molecule has 1 N–H and O–H groups in total. The molecule has 0 radical (unpaired) electrons. The molecule has 23 heavy (non-hydrogen) atoms. The highest BCUT2D eigenvalue weighted by atomic mass is 16.5. The fourth-order valence-electron chi connectivity index (χ4n) is 3.07. The lowest BCUT2D eigenvalue weighted by atomic mass is 10.2. The SMILES string of the molecule is COc1cccc(Nc2ncnc3c2nc2n3CCCCC2)c1. The molecule has 0 atom stereocenters.